The Labute approximate surface area is 111 Å². The van der Waals surface area contributed by atoms with Crippen molar-refractivity contribution in [1.29, 1.82) is 0 Å². The highest BCUT2D eigenvalue weighted by Crippen LogP contribution is 2.56. The number of hydrogen-bond acceptors (Lipinski definition) is 3. The van der Waals surface area contributed by atoms with E-state index in [1.54, 1.807) is 13.0 Å². The topological polar surface area (TPSA) is 94.8 Å². The first-order chi connectivity index (χ1) is 8.70. The number of aliphatic carboxylic acids is 2. The summed E-state index contributed by atoms with van der Waals surface area (Å²) in [6.45, 7) is 3.62. The molecule has 0 bridgehead atoms. The largest absolute Gasteiger partial charge is 0.481 e. The molecule has 5 nitrogen and oxygen atoms in total. The number of carbonyl (C=O) groups is 2. The Morgan fingerprint density at radius 3 is 2.42 bits per heavy atom. The van der Waals surface area contributed by atoms with Gasteiger partial charge in [0.1, 0.15) is 0 Å². The molecule has 1 fully saturated rings. The molecular formula is C14H20O5. The Bertz CT molecular complexity index is 455. The predicted molar refractivity (Wildman–Crippen MR) is 67.5 cm³/mol. The van der Waals surface area contributed by atoms with Gasteiger partial charge >= 0.3 is 11.9 Å². The van der Waals surface area contributed by atoms with Gasteiger partial charge in [0.05, 0.1) is 17.1 Å². The molecule has 2 aliphatic rings. The van der Waals surface area contributed by atoms with E-state index in [0.29, 0.717) is 6.42 Å². The zero-order valence-electron chi connectivity index (χ0n) is 11.2. The first-order valence-electron chi connectivity index (χ1n) is 6.58. The van der Waals surface area contributed by atoms with Gasteiger partial charge in [-0.05, 0) is 37.5 Å². The van der Waals surface area contributed by atoms with Gasteiger partial charge in [0, 0.05) is 0 Å². The van der Waals surface area contributed by atoms with Crippen LogP contribution in [0.2, 0.25) is 0 Å². The minimum Gasteiger partial charge on any atom is -0.481 e. The molecular weight excluding hydrogens is 248 g/mol. The molecule has 106 valence electrons. The number of aliphatic hydroxyl groups excluding tert-OH is 1. The van der Waals surface area contributed by atoms with Crippen LogP contribution in [0.3, 0.4) is 0 Å². The molecule has 0 aromatic heterocycles. The molecule has 2 rings (SSSR count). The lowest BCUT2D eigenvalue weighted by molar-refractivity contribution is -0.160. The van der Waals surface area contributed by atoms with Crippen LogP contribution in [-0.4, -0.2) is 33.4 Å². The Hall–Kier alpha value is -1.36. The van der Waals surface area contributed by atoms with Gasteiger partial charge in [-0.15, -0.1) is 0 Å². The van der Waals surface area contributed by atoms with E-state index in [-0.39, 0.29) is 17.9 Å². The zero-order valence-corrected chi connectivity index (χ0v) is 11.2. The Balaban J connectivity index is 2.47. The van der Waals surface area contributed by atoms with Crippen LogP contribution in [0.15, 0.2) is 11.6 Å². The van der Waals surface area contributed by atoms with Crippen LogP contribution >= 0.6 is 0 Å². The summed E-state index contributed by atoms with van der Waals surface area (Å²) in [5, 5.41) is 28.6. The third kappa shape index (κ3) is 2.06. The highest BCUT2D eigenvalue weighted by atomic mass is 16.4. The van der Waals surface area contributed by atoms with E-state index in [1.807, 2.05) is 6.92 Å². The molecule has 0 saturated heterocycles. The Morgan fingerprint density at radius 1 is 1.26 bits per heavy atom. The minimum absolute atomic E-state index is 0.00777. The van der Waals surface area contributed by atoms with Crippen molar-refractivity contribution in [3.8, 4) is 0 Å². The van der Waals surface area contributed by atoms with E-state index >= 15 is 0 Å². The fraction of sp³-hybridized carbons (Fsp3) is 0.714. The number of aliphatic hydroxyl groups is 1. The molecule has 0 aromatic carbocycles. The Morgan fingerprint density at radius 2 is 1.89 bits per heavy atom. The monoisotopic (exact) mass is 268 g/mol. The SMILES string of the molecule is C[C@@]12C=C(C(=O)O)[C@@H](O)C[C@H]1[C@](C)(C(=O)O)CCC2. The summed E-state index contributed by atoms with van der Waals surface area (Å²) in [7, 11) is 0. The van der Waals surface area contributed by atoms with Gasteiger partial charge in [0.15, 0.2) is 0 Å². The van der Waals surface area contributed by atoms with Crippen molar-refractivity contribution < 1.29 is 24.9 Å². The second-order valence-electron chi connectivity index (χ2n) is 6.29. The highest BCUT2D eigenvalue weighted by Gasteiger charge is 2.55. The molecule has 0 aliphatic heterocycles. The predicted octanol–water partition coefficient (Wildman–Crippen LogP) is 1.66. The van der Waals surface area contributed by atoms with Crippen molar-refractivity contribution >= 4 is 11.9 Å². The smallest absolute Gasteiger partial charge is 0.333 e. The third-order valence-corrected chi connectivity index (χ3v) is 5.02. The van der Waals surface area contributed by atoms with E-state index in [4.69, 9.17) is 5.11 Å². The second-order valence-corrected chi connectivity index (χ2v) is 6.29. The maximum Gasteiger partial charge on any atom is 0.333 e. The van der Waals surface area contributed by atoms with Gasteiger partial charge in [-0.2, -0.15) is 0 Å². The van der Waals surface area contributed by atoms with Gasteiger partial charge in [-0.1, -0.05) is 19.4 Å². The van der Waals surface area contributed by atoms with Gasteiger partial charge < -0.3 is 15.3 Å². The third-order valence-electron chi connectivity index (χ3n) is 5.02. The van der Waals surface area contributed by atoms with Crippen molar-refractivity contribution in [2.24, 2.45) is 16.7 Å². The molecule has 1 saturated carbocycles. The van der Waals surface area contributed by atoms with Crippen molar-refractivity contribution in [3.63, 3.8) is 0 Å². The first-order valence-corrected chi connectivity index (χ1v) is 6.58. The van der Waals surface area contributed by atoms with Crippen molar-refractivity contribution in [2.75, 3.05) is 0 Å². The number of carboxylic acid groups (broad SMARTS) is 2. The van der Waals surface area contributed by atoms with E-state index in [1.165, 1.54) is 0 Å². The fourth-order valence-corrected chi connectivity index (χ4v) is 3.88. The zero-order chi connectivity index (χ0) is 14.4. The molecule has 0 radical (unpaired) electrons. The average molecular weight is 268 g/mol. The second kappa shape index (κ2) is 4.34. The summed E-state index contributed by atoms with van der Waals surface area (Å²) in [5.74, 6) is -2.21. The average Bonchev–Trinajstić information content (AvgIpc) is 2.30. The number of rotatable bonds is 2. The molecule has 0 unspecified atom stereocenters. The molecule has 0 amide bonds. The molecule has 19 heavy (non-hydrogen) atoms. The van der Waals surface area contributed by atoms with Crippen LogP contribution in [0.5, 0.6) is 0 Å². The lowest BCUT2D eigenvalue weighted by Gasteiger charge is -2.52. The van der Waals surface area contributed by atoms with Crippen LogP contribution < -0.4 is 0 Å². The van der Waals surface area contributed by atoms with Crippen LogP contribution in [0, 0.1) is 16.7 Å². The molecule has 2 aliphatic carbocycles. The molecule has 0 aromatic rings. The molecule has 0 spiro atoms. The maximum atomic E-state index is 11.6. The van der Waals surface area contributed by atoms with Crippen LogP contribution in [-0.2, 0) is 9.59 Å². The summed E-state index contributed by atoms with van der Waals surface area (Å²) in [4.78, 5) is 22.7. The minimum atomic E-state index is -1.12. The number of hydrogen-bond donors (Lipinski definition) is 3. The van der Waals surface area contributed by atoms with Crippen LogP contribution in [0.4, 0.5) is 0 Å². The summed E-state index contributed by atoms with van der Waals surface area (Å²) in [5.41, 5.74) is -1.35. The normalized spacial score (nSPS) is 42.2. The number of allylic oxidation sites excluding steroid dienone is 1. The summed E-state index contributed by atoms with van der Waals surface area (Å²) in [6, 6.07) is 0. The van der Waals surface area contributed by atoms with E-state index in [9.17, 15) is 19.8 Å². The lowest BCUT2D eigenvalue weighted by Crippen LogP contribution is -2.51. The molecule has 3 N–H and O–H groups in total. The van der Waals surface area contributed by atoms with Gasteiger partial charge in [-0.25, -0.2) is 4.79 Å². The Kier molecular flexibility index (Phi) is 3.21. The lowest BCUT2D eigenvalue weighted by atomic mass is 9.52. The fourth-order valence-electron chi connectivity index (χ4n) is 3.88. The van der Waals surface area contributed by atoms with Crippen molar-refractivity contribution in [3.05, 3.63) is 11.6 Å². The standard InChI is InChI=1S/C14H20O5/c1-13-4-3-5-14(2,12(18)19)10(13)6-9(15)8(7-13)11(16)17/h7,9-10,15H,3-6H2,1-2H3,(H,16,17)(H,18,19)/t9-,10+,13+,14+/m0/s1. The molecule has 4 atom stereocenters. The highest BCUT2D eigenvalue weighted by molar-refractivity contribution is 5.88. The summed E-state index contributed by atoms with van der Waals surface area (Å²) < 4.78 is 0. The van der Waals surface area contributed by atoms with Crippen molar-refractivity contribution in [2.45, 2.75) is 45.6 Å². The van der Waals surface area contributed by atoms with Gasteiger partial charge in [0.25, 0.3) is 0 Å². The number of carboxylic acids is 2. The number of fused-ring (bicyclic) bond motifs is 1. The van der Waals surface area contributed by atoms with Crippen LogP contribution in [0.1, 0.15) is 39.5 Å². The quantitative estimate of drug-likeness (QED) is 0.708. The van der Waals surface area contributed by atoms with Gasteiger partial charge in [0.2, 0.25) is 0 Å². The van der Waals surface area contributed by atoms with E-state index in [2.05, 4.69) is 0 Å². The first kappa shape index (κ1) is 14.1. The van der Waals surface area contributed by atoms with Gasteiger partial charge in [-0.3, -0.25) is 4.79 Å². The summed E-state index contributed by atoms with van der Waals surface area (Å²) >= 11 is 0. The van der Waals surface area contributed by atoms with E-state index < -0.39 is 28.9 Å². The van der Waals surface area contributed by atoms with Crippen LogP contribution in [0.25, 0.3) is 0 Å². The summed E-state index contributed by atoms with van der Waals surface area (Å²) in [6.07, 6.45) is 2.82. The maximum absolute atomic E-state index is 11.6. The molecule has 5 heteroatoms. The van der Waals surface area contributed by atoms with E-state index in [0.717, 1.165) is 12.8 Å². The molecule has 0 heterocycles. The van der Waals surface area contributed by atoms with Crippen molar-refractivity contribution in [1.82, 2.24) is 0 Å².